The predicted octanol–water partition coefficient (Wildman–Crippen LogP) is 0.832. The summed E-state index contributed by atoms with van der Waals surface area (Å²) in [6.07, 6.45) is 1.51. The largest absolute Gasteiger partial charge is 0.478 e. The lowest BCUT2D eigenvalue weighted by Crippen LogP contribution is -2.25. The van der Waals surface area contributed by atoms with Gasteiger partial charge in [-0.25, -0.2) is 9.97 Å². The smallest absolute Gasteiger partial charge is 0.221 e. The van der Waals surface area contributed by atoms with E-state index in [1.807, 2.05) is 13.8 Å². The Labute approximate surface area is 108 Å². The van der Waals surface area contributed by atoms with E-state index in [0.29, 0.717) is 12.5 Å². The van der Waals surface area contributed by atoms with Gasteiger partial charge in [0.2, 0.25) is 5.88 Å². The summed E-state index contributed by atoms with van der Waals surface area (Å²) in [5.74, 6) is 1.46. The monoisotopic (exact) mass is 254 g/mol. The molecule has 0 saturated carbocycles. The Morgan fingerprint density at radius 2 is 2.06 bits per heavy atom. The molecule has 102 valence electrons. The van der Waals surface area contributed by atoms with E-state index in [9.17, 15) is 0 Å². The number of hydrogen-bond acceptors (Lipinski definition) is 6. The van der Waals surface area contributed by atoms with Crippen LogP contribution in [0.4, 0.5) is 5.82 Å². The van der Waals surface area contributed by atoms with Crippen molar-refractivity contribution in [2.45, 2.75) is 13.8 Å². The molecule has 1 rings (SSSR count). The molecule has 0 aliphatic carbocycles. The fraction of sp³-hybridized carbons (Fsp3) is 0.667. The van der Waals surface area contributed by atoms with Crippen LogP contribution in [0.2, 0.25) is 0 Å². The maximum absolute atomic E-state index is 5.41. The summed E-state index contributed by atoms with van der Waals surface area (Å²) in [5.41, 5.74) is 0.941. The third kappa shape index (κ3) is 4.85. The van der Waals surface area contributed by atoms with Gasteiger partial charge in [0.1, 0.15) is 12.1 Å². The summed E-state index contributed by atoms with van der Waals surface area (Å²) < 4.78 is 10.4. The van der Waals surface area contributed by atoms with Crippen LogP contribution in [0.3, 0.4) is 0 Å². The molecule has 0 aromatic carbocycles. The van der Waals surface area contributed by atoms with Crippen LogP contribution >= 0.6 is 0 Å². The molecule has 6 nitrogen and oxygen atoms in total. The number of ether oxygens (including phenoxy) is 2. The fourth-order valence-corrected chi connectivity index (χ4v) is 1.46. The number of aromatic nitrogens is 2. The van der Waals surface area contributed by atoms with Crippen LogP contribution in [0, 0.1) is 6.92 Å². The number of nitrogens with one attached hydrogen (secondary N) is 2. The van der Waals surface area contributed by atoms with Gasteiger partial charge >= 0.3 is 0 Å². The number of methoxy groups -OCH3 is 1. The Morgan fingerprint density at radius 3 is 2.78 bits per heavy atom. The molecule has 0 radical (unpaired) electrons. The third-order valence-electron chi connectivity index (χ3n) is 2.40. The van der Waals surface area contributed by atoms with E-state index < -0.39 is 0 Å². The minimum Gasteiger partial charge on any atom is -0.478 e. The Morgan fingerprint density at radius 1 is 1.22 bits per heavy atom. The average Bonchev–Trinajstić information content (AvgIpc) is 2.38. The second kappa shape index (κ2) is 8.66. The minimum atomic E-state index is 0.607. The van der Waals surface area contributed by atoms with Gasteiger partial charge in [0.25, 0.3) is 0 Å². The second-order valence-corrected chi connectivity index (χ2v) is 3.76. The molecule has 0 aliphatic heterocycles. The minimum absolute atomic E-state index is 0.607. The van der Waals surface area contributed by atoms with Gasteiger partial charge in [-0.3, -0.25) is 0 Å². The van der Waals surface area contributed by atoms with Gasteiger partial charge in [-0.05, 0) is 13.8 Å². The normalized spacial score (nSPS) is 10.4. The summed E-state index contributed by atoms with van der Waals surface area (Å²) in [6.45, 7) is 7.73. The van der Waals surface area contributed by atoms with Crippen molar-refractivity contribution < 1.29 is 9.47 Å². The Hall–Kier alpha value is -1.40. The van der Waals surface area contributed by atoms with Crippen molar-refractivity contribution in [2.24, 2.45) is 0 Å². The molecule has 1 aromatic rings. The predicted molar refractivity (Wildman–Crippen MR) is 71.2 cm³/mol. The summed E-state index contributed by atoms with van der Waals surface area (Å²) in [4.78, 5) is 8.29. The molecule has 1 aromatic heterocycles. The summed E-state index contributed by atoms with van der Waals surface area (Å²) in [7, 11) is 1.69. The zero-order valence-corrected chi connectivity index (χ0v) is 11.3. The highest BCUT2D eigenvalue weighted by Crippen LogP contribution is 2.19. The van der Waals surface area contributed by atoms with Crippen molar-refractivity contribution in [2.75, 3.05) is 45.3 Å². The first-order valence-corrected chi connectivity index (χ1v) is 6.17. The number of nitrogens with zero attached hydrogens (tertiary/aromatic N) is 2. The van der Waals surface area contributed by atoms with Crippen LogP contribution in [-0.4, -0.2) is 49.9 Å². The van der Waals surface area contributed by atoms with Crippen LogP contribution in [-0.2, 0) is 4.74 Å². The molecule has 0 saturated heterocycles. The fourth-order valence-electron chi connectivity index (χ4n) is 1.46. The van der Waals surface area contributed by atoms with Crippen molar-refractivity contribution in [3.8, 4) is 5.88 Å². The average molecular weight is 254 g/mol. The lowest BCUT2D eigenvalue weighted by Gasteiger charge is -2.11. The molecular weight excluding hydrogens is 232 g/mol. The molecule has 0 fully saturated rings. The Kier molecular flexibility index (Phi) is 7.05. The summed E-state index contributed by atoms with van der Waals surface area (Å²) >= 11 is 0. The maximum atomic E-state index is 5.41. The van der Waals surface area contributed by atoms with Gasteiger partial charge in [-0.15, -0.1) is 0 Å². The van der Waals surface area contributed by atoms with Gasteiger partial charge in [-0.1, -0.05) is 0 Å². The SMILES string of the molecule is CCOc1ncnc(NCCNCCOC)c1C. The van der Waals surface area contributed by atoms with E-state index >= 15 is 0 Å². The van der Waals surface area contributed by atoms with E-state index in [0.717, 1.165) is 37.6 Å². The number of hydrogen-bond donors (Lipinski definition) is 2. The van der Waals surface area contributed by atoms with E-state index in [2.05, 4.69) is 20.6 Å². The molecule has 2 N–H and O–H groups in total. The molecule has 0 amide bonds. The molecule has 0 bridgehead atoms. The molecule has 18 heavy (non-hydrogen) atoms. The lowest BCUT2D eigenvalue weighted by atomic mass is 10.3. The van der Waals surface area contributed by atoms with Crippen molar-refractivity contribution in [3.63, 3.8) is 0 Å². The highest BCUT2D eigenvalue weighted by Gasteiger charge is 2.06. The third-order valence-corrected chi connectivity index (χ3v) is 2.40. The second-order valence-electron chi connectivity index (χ2n) is 3.76. The zero-order chi connectivity index (χ0) is 13.2. The Balaban J connectivity index is 2.35. The van der Waals surface area contributed by atoms with E-state index in [1.54, 1.807) is 7.11 Å². The van der Waals surface area contributed by atoms with Crippen molar-refractivity contribution in [3.05, 3.63) is 11.9 Å². The number of anilines is 1. The molecule has 0 unspecified atom stereocenters. The van der Waals surface area contributed by atoms with Crippen molar-refractivity contribution in [1.82, 2.24) is 15.3 Å². The molecule has 0 spiro atoms. The first-order valence-electron chi connectivity index (χ1n) is 6.17. The van der Waals surface area contributed by atoms with Crippen molar-refractivity contribution in [1.29, 1.82) is 0 Å². The van der Waals surface area contributed by atoms with Crippen LogP contribution < -0.4 is 15.4 Å². The molecule has 0 atom stereocenters. The van der Waals surface area contributed by atoms with Crippen LogP contribution in [0.15, 0.2) is 6.33 Å². The first kappa shape index (κ1) is 14.7. The van der Waals surface area contributed by atoms with Gasteiger partial charge in [-0.2, -0.15) is 0 Å². The van der Waals surface area contributed by atoms with E-state index in [-0.39, 0.29) is 0 Å². The quantitative estimate of drug-likeness (QED) is 0.636. The van der Waals surface area contributed by atoms with Gasteiger partial charge in [0.15, 0.2) is 0 Å². The standard InChI is InChI=1S/C12H22N4O2/c1-4-18-12-10(2)11(15-9-16-12)14-6-5-13-7-8-17-3/h9,13H,4-8H2,1-3H3,(H,14,15,16). The van der Waals surface area contributed by atoms with Gasteiger partial charge in [0, 0.05) is 26.7 Å². The van der Waals surface area contributed by atoms with Crippen LogP contribution in [0.25, 0.3) is 0 Å². The molecule has 6 heteroatoms. The van der Waals surface area contributed by atoms with Gasteiger partial charge < -0.3 is 20.1 Å². The summed E-state index contributed by atoms with van der Waals surface area (Å²) in [6, 6.07) is 0. The van der Waals surface area contributed by atoms with Crippen LogP contribution in [0.1, 0.15) is 12.5 Å². The zero-order valence-electron chi connectivity index (χ0n) is 11.3. The van der Waals surface area contributed by atoms with Crippen LogP contribution in [0.5, 0.6) is 5.88 Å². The van der Waals surface area contributed by atoms with E-state index in [4.69, 9.17) is 9.47 Å². The topological polar surface area (TPSA) is 68.3 Å². The molecular formula is C12H22N4O2. The van der Waals surface area contributed by atoms with Crippen molar-refractivity contribution >= 4 is 5.82 Å². The van der Waals surface area contributed by atoms with E-state index in [1.165, 1.54) is 6.33 Å². The first-order chi connectivity index (χ1) is 8.79. The summed E-state index contributed by atoms with van der Waals surface area (Å²) in [5, 5.41) is 6.51. The molecule has 1 heterocycles. The maximum Gasteiger partial charge on any atom is 0.221 e. The number of rotatable bonds is 9. The molecule has 0 aliphatic rings. The Bertz CT molecular complexity index is 347. The highest BCUT2D eigenvalue weighted by molar-refractivity contribution is 5.47. The van der Waals surface area contributed by atoms with Gasteiger partial charge in [0.05, 0.1) is 18.8 Å². The highest BCUT2D eigenvalue weighted by atomic mass is 16.5. The lowest BCUT2D eigenvalue weighted by molar-refractivity contribution is 0.200.